The third-order valence-corrected chi connectivity index (χ3v) is 5.27. The molecule has 0 aromatic carbocycles. The number of anilines is 1. The van der Waals surface area contributed by atoms with Gasteiger partial charge in [0, 0.05) is 31.9 Å². The molecule has 13 heteroatoms. The van der Waals surface area contributed by atoms with Gasteiger partial charge < -0.3 is 9.64 Å². The number of sulfonamides is 1. The van der Waals surface area contributed by atoms with Gasteiger partial charge in [-0.2, -0.15) is 5.10 Å². The van der Waals surface area contributed by atoms with Crippen molar-refractivity contribution in [3.8, 4) is 11.3 Å². The van der Waals surface area contributed by atoms with E-state index in [0.717, 1.165) is 6.26 Å². The van der Waals surface area contributed by atoms with Crippen LogP contribution >= 0.6 is 0 Å². The van der Waals surface area contributed by atoms with Crippen molar-refractivity contribution < 1.29 is 21.9 Å². The monoisotopic (exact) mass is 439 g/mol. The molecule has 0 radical (unpaired) electrons. The molecule has 1 N–H and O–H groups in total. The molecular formula is C17H19F2N7O3S. The molecule has 160 valence electrons. The lowest BCUT2D eigenvalue weighted by molar-refractivity contribution is 0.0440. The summed E-state index contributed by atoms with van der Waals surface area (Å²) in [5, 5.41) is 4.15. The predicted molar refractivity (Wildman–Crippen MR) is 104 cm³/mol. The highest BCUT2D eigenvalue weighted by Gasteiger charge is 2.23. The van der Waals surface area contributed by atoms with Crippen molar-refractivity contribution in [1.82, 2.24) is 29.3 Å². The Morgan fingerprint density at radius 3 is 2.97 bits per heavy atom. The second-order valence-corrected chi connectivity index (χ2v) is 8.63. The van der Waals surface area contributed by atoms with Crippen molar-refractivity contribution in [2.24, 2.45) is 0 Å². The van der Waals surface area contributed by atoms with Gasteiger partial charge in [-0.15, -0.1) is 0 Å². The molecular weight excluding hydrogens is 420 g/mol. The van der Waals surface area contributed by atoms with Crippen molar-refractivity contribution in [3.63, 3.8) is 0 Å². The minimum atomic E-state index is -3.32. The van der Waals surface area contributed by atoms with Gasteiger partial charge in [0.25, 0.3) is 6.43 Å². The molecule has 0 aliphatic carbocycles. The number of nitrogens with one attached hydrogen (secondary N) is 1. The molecule has 1 aliphatic heterocycles. The minimum Gasteiger partial charge on any atom is -0.373 e. The molecule has 4 heterocycles. The van der Waals surface area contributed by atoms with Crippen molar-refractivity contribution in [2.45, 2.75) is 12.5 Å². The van der Waals surface area contributed by atoms with Gasteiger partial charge in [-0.25, -0.2) is 41.4 Å². The number of halogens is 2. The van der Waals surface area contributed by atoms with Crippen LogP contribution in [0.3, 0.4) is 0 Å². The molecule has 4 rings (SSSR count). The molecule has 0 bridgehead atoms. The van der Waals surface area contributed by atoms with E-state index >= 15 is 0 Å². The van der Waals surface area contributed by atoms with Crippen molar-refractivity contribution >= 4 is 21.5 Å². The van der Waals surface area contributed by atoms with Crippen LogP contribution < -0.4 is 9.62 Å². The van der Waals surface area contributed by atoms with E-state index in [1.165, 1.54) is 29.3 Å². The summed E-state index contributed by atoms with van der Waals surface area (Å²) in [6.45, 7) is 1.56. The molecule has 0 saturated carbocycles. The van der Waals surface area contributed by atoms with Gasteiger partial charge in [-0.1, -0.05) is 0 Å². The highest BCUT2D eigenvalue weighted by atomic mass is 32.2. The summed E-state index contributed by atoms with van der Waals surface area (Å²) in [6.07, 6.45) is 2.39. The average molecular weight is 439 g/mol. The fourth-order valence-electron chi connectivity index (χ4n) is 3.15. The van der Waals surface area contributed by atoms with E-state index in [4.69, 9.17) is 4.74 Å². The fraction of sp³-hybridized carbons (Fsp3) is 0.412. The Morgan fingerprint density at radius 2 is 2.20 bits per heavy atom. The molecule has 1 unspecified atom stereocenters. The smallest absolute Gasteiger partial charge is 0.280 e. The van der Waals surface area contributed by atoms with Crippen LogP contribution in [-0.2, 0) is 14.8 Å². The first-order valence-electron chi connectivity index (χ1n) is 9.06. The molecule has 10 nitrogen and oxygen atoms in total. The Balaban J connectivity index is 1.59. The number of hydrogen-bond donors (Lipinski definition) is 1. The highest BCUT2D eigenvalue weighted by Crippen LogP contribution is 2.26. The van der Waals surface area contributed by atoms with Gasteiger partial charge in [0.05, 0.1) is 36.4 Å². The molecule has 30 heavy (non-hydrogen) atoms. The van der Waals surface area contributed by atoms with Crippen LogP contribution in [0.2, 0.25) is 0 Å². The maximum absolute atomic E-state index is 13.0. The lowest BCUT2D eigenvalue weighted by atomic mass is 10.2. The van der Waals surface area contributed by atoms with Crippen LogP contribution in [0.1, 0.15) is 12.1 Å². The first kappa shape index (κ1) is 20.5. The van der Waals surface area contributed by atoms with Crippen LogP contribution in [0, 0.1) is 0 Å². The quantitative estimate of drug-likeness (QED) is 0.602. The van der Waals surface area contributed by atoms with Gasteiger partial charge in [0.1, 0.15) is 17.8 Å². The number of morpholine rings is 1. The molecule has 1 atom stereocenters. The maximum atomic E-state index is 13.0. The number of aromatic nitrogens is 5. The fourth-order valence-corrected chi connectivity index (χ4v) is 3.64. The second-order valence-electron chi connectivity index (χ2n) is 6.80. The number of alkyl halides is 2. The SMILES string of the molecule is CS(=O)(=O)NCC1CN(c2cc(-c3cnn4ccc(C(F)F)nc34)ncn2)CCO1. The Morgan fingerprint density at radius 1 is 1.37 bits per heavy atom. The van der Waals surface area contributed by atoms with Crippen LogP contribution in [0.25, 0.3) is 16.9 Å². The van der Waals surface area contributed by atoms with Crippen LogP contribution in [0.4, 0.5) is 14.6 Å². The lowest BCUT2D eigenvalue weighted by Gasteiger charge is -2.33. The Bertz CT molecular complexity index is 1160. The Hall–Kier alpha value is -2.77. The molecule has 1 saturated heterocycles. The van der Waals surface area contributed by atoms with Crippen LogP contribution in [0.15, 0.2) is 30.9 Å². The van der Waals surface area contributed by atoms with E-state index in [2.05, 4.69) is 24.8 Å². The van der Waals surface area contributed by atoms with Crippen molar-refractivity contribution in [2.75, 3.05) is 37.4 Å². The second kappa shape index (κ2) is 8.16. The molecule has 0 spiro atoms. The maximum Gasteiger partial charge on any atom is 0.280 e. The number of rotatable bonds is 6. The summed E-state index contributed by atoms with van der Waals surface area (Å²) in [7, 11) is -3.32. The van der Waals surface area contributed by atoms with Crippen LogP contribution in [-0.4, -0.2) is 71.6 Å². The van der Waals surface area contributed by atoms with E-state index in [1.807, 2.05) is 4.90 Å². The molecule has 1 aliphatic rings. The summed E-state index contributed by atoms with van der Waals surface area (Å²) < 4.78 is 58.2. The normalized spacial score (nSPS) is 17.7. The largest absolute Gasteiger partial charge is 0.373 e. The zero-order chi connectivity index (χ0) is 21.3. The van der Waals surface area contributed by atoms with E-state index in [-0.39, 0.29) is 24.0 Å². The minimum absolute atomic E-state index is 0.154. The molecule has 3 aromatic rings. The summed E-state index contributed by atoms with van der Waals surface area (Å²) in [6, 6.07) is 2.94. The number of hydrogen-bond acceptors (Lipinski definition) is 8. The highest BCUT2D eigenvalue weighted by molar-refractivity contribution is 7.88. The predicted octanol–water partition coefficient (Wildman–Crippen LogP) is 0.878. The van der Waals surface area contributed by atoms with Gasteiger partial charge >= 0.3 is 0 Å². The third-order valence-electron chi connectivity index (χ3n) is 4.58. The number of fused-ring (bicyclic) bond motifs is 1. The zero-order valence-electron chi connectivity index (χ0n) is 15.9. The van der Waals surface area contributed by atoms with Gasteiger partial charge in [-0.3, -0.25) is 0 Å². The average Bonchev–Trinajstić information content (AvgIpc) is 3.15. The van der Waals surface area contributed by atoms with Gasteiger partial charge in [-0.05, 0) is 6.07 Å². The van der Waals surface area contributed by atoms with Crippen molar-refractivity contribution in [3.05, 3.63) is 36.5 Å². The Labute approximate surface area is 171 Å². The van der Waals surface area contributed by atoms with Crippen molar-refractivity contribution in [1.29, 1.82) is 0 Å². The third kappa shape index (κ3) is 4.52. The van der Waals surface area contributed by atoms with E-state index in [9.17, 15) is 17.2 Å². The summed E-state index contributed by atoms with van der Waals surface area (Å²) >= 11 is 0. The first-order chi connectivity index (χ1) is 14.3. The summed E-state index contributed by atoms with van der Waals surface area (Å²) in [4.78, 5) is 14.5. The number of ether oxygens (including phenoxy) is 1. The molecule has 0 amide bonds. The Kier molecular flexibility index (Phi) is 5.58. The van der Waals surface area contributed by atoms with Gasteiger partial charge in [0.2, 0.25) is 10.0 Å². The van der Waals surface area contributed by atoms with E-state index in [0.29, 0.717) is 36.8 Å². The zero-order valence-corrected chi connectivity index (χ0v) is 16.8. The van der Waals surface area contributed by atoms with E-state index in [1.54, 1.807) is 6.07 Å². The van der Waals surface area contributed by atoms with E-state index < -0.39 is 16.4 Å². The topological polar surface area (TPSA) is 115 Å². The molecule has 1 fully saturated rings. The summed E-state index contributed by atoms with van der Waals surface area (Å²) in [5.74, 6) is 0.608. The lowest BCUT2D eigenvalue weighted by Crippen LogP contribution is -2.47. The van der Waals surface area contributed by atoms with Gasteiger partial charge in [0.15, 0.2) is 5.65 Å². The number of nitrogens with zero attached hydrogens (tertiary/aromatic N) is 6. The van der Waals surface area contributed by atoms with Crippen LogP contribution in [0.5, 0.6) is 0 Å². The standard InChI is InChI=1S/C17H19F2N7O3S/c1-30(27,28)23-7-11-9-25(4-5-29-11)15-6-14(20-10-21-15)12-8-22-26-3-2-13(16(18)19)24-17(12)26/h2-3,6,8,10-11,16,23H,4-5,7,9H2,1H3. The first-order valence-corrected chi connectivity index (χ1v) is 11.0. The summed E-state index contributed by atoms with van der Waals surface area (Å²) in [5.41, 5.74) is 0.929. The molecule has 3 aromatic heterocycles.